The van der Waals surface area contributed by atoms with E-state index in [1.807, 2.05) is 11.1 Å². The minimum atomic E-state index is -0.532. The lowest BCUT2D eigenvalue weighted by Gasteiger charge is -2.20. The number of anilines is 3. The van der Waals surface area contributed by atoms with Crippen molar-refractivity contribution in [2.45, 2.75) is 31.7 Å². The number of ether oxygens (including phenoxy) is 3. The lowest BCUT2D eigenvalue weighted by atomic mass is 10.1. The van der Waals surface area contributed by atoms with E-state index < -0.39 is 17.8 Å². The van der Waals surface area contributed by atoms with Gasteiger partial charge in [-0.3, -0.25) is 24.2 Å². The number of nitrogens with one attached hydrogen (secondary N) is 3. The number of carbonyl (C=O) groups excluding carboxylic acids is 5. The highest BCUT2D eigenvalue weighted by Crippen LogP contribution is 2.38. The van der Waals surface area contributed by atoms with Gasteiger partial charge < -0.3 is 48.8 Å². The maximum Gasteiger partial charge on any atom is 0.354 e. The normalized spacial score (nSPS) is 14.7. The van der Waals surface area contributed by atoms with Crippen LogP contribution < -0.4 is 25.4 Å². The van der Waals surface area contributed by atoms with E-state index in [2.05, 4.69) is 20.9 Å². The highest BCUT2D eigenvalue weighted by atomic mass is 16.5. The third-order valence-electron chi connectivity index (χ3n) is 8.94. The van der Waals surface area contributed by atoms with Crippen LogP contribution >= 0.6 is 0 Å². The molecule has 3 N–H and O–H groups in total. The fourth-order valence-electron chi connectivity index (χ4n) is 6.31. The lowest BCUT2D eigenvalue weighted by molar-refractivity contribution is -0.116. The number of esters is 1. The summed E-state index contributed by atoms with van der Waals surface area (Å²) in [6, 6.07) is 7.94. The summed E-state index contributed by atoms with van der Waals surface area (Å²) >= 11 is 0. The van der Waals surface area contributed by atoms with Crippen molar-refractivity contribution in [1.29, 1.82) is 0 Å². The van der Waals surface area contributed by atoms with E-state index in [-0.39, 0.29) is 48.0 Å². The van der Waals surface area contributed by atoms with Crippen LogP contribution in [-0.2, 0) is 30.7 Å². The van der Waals surface area contributed by atoms with Crippen molar-refractivity contribution < 1.29 is 38.2 Å². The fraction of sp³-hybridized carbons (Fsp3) is 0.333. The molecule has 16 nitrogen and oxygen atoms in total. The zero-order valence-corrected chi connectivity index (χ0v) is 29.5. The SMILES string of the molecule is COC(=O)c1cc(NC(=O)c2cc(NC(=O)c3cc(NC(=O)CCCOc4cc5c(cc4OC)C(=O)N4CCC[C@H]4C=N5)cn3C)cn2C)cn1C. The molecule has 0 saturated carbocycles. The average Bonchev–Trinajstić information content (AvgIpc) is 3.90. The van der Waals surface area contributed by atoms with Crippen LogP contribution in [0.25, 0.3) is 0 Å². The molecular weight excluding hydrogens is 672 g/mol. The summed E-state index contributed by atoms with van der Waals surface area (Å²) < 4.78 is 20.9. The van der Waals surface area contributed by atoms with Gasteiger partial charge in [0.25, 0.3) is 17.7 Å². The molecular formula is C36H40N8O8. The van der Waals surface area contributed by atoms with Gasteiger partial charge in [-0.1, -0.05) is 0 Å². The van der Waals surface area contributed by atoms with Gasteiger partial charge in [0.2, 0.25) is 5.91 Å². The summed E-state index contributed by atoms with van der Waals surface area (Å²) in [6.07, 6.45) is 9.01. The van der Waals surface area contributed by atoms with E-state index >= 15 is 0 Å². The largest absolute Gasteiger partial charge is 0.493 e. The third-order valence-corrected chi connectivity index (χ3v) is 8.94. The van der Waals surface area contributed by atoms with Gasteiger partial charge in [0.1, 0.15) is 17.1 Å². The summed E-state index contributed by atoms with van der Waals surface area (Å²) in [6.45, 7) is 0.916. The Morgan fingerprint density at radius 3 is 2.02 bits per heavy atom. The molecule has 6 rings (SSSR count). The number of methoxy groups -OCH3 is 2. The molecule has 272 valence electrons. The molecule has 16 heteroatoms. The minimum absolute atomic E-state index is 0.00600. The Hall–Kier alpha value is -6.32. The highest BCUT2D eigenvalue weighted by molar-refractivity contribution is 6.08. The van der Waals surface area contributed by atoms with Crippen molar-refractivity contribution in [2.24, 2.45) is 26.1 Å². The Kier molecular flexibility index (Phi) is 10.2. The summed E-state index contributed by atoms with van der Waals surface area (Å²) in [4.78, 5) is 70.3. The Balaban J connectivity index is 1.00. The summed E-state index contributed by atoms with van der Waals surface area (Å²) in [7, 11) is 7.79. The van der Waals surface area contributed by atoms with Crippen molar-refractivity contribution in [3.8, 4) is 11.5 Å². The van der Waals surface area contributed by atoms with Gasteiger partial charge in [0, 0.05) is 65.0 Å². The quantitative estimate of drug-likeness (QED) is 0.145. The topological polar surface area (TPSA) is 180 Å². The van der Waals surface area contributed by atoms with Crippen molar-refractivity contribution in [3.05, 3.63) is 71.6 Å². The minimum Gasteiger partial charge on any atom is -0.493 e. The second-order valence-electron chi connectivity index (χ2n) is 12.6. The summed E-state index contributed by atoms with van der Waals surface area (Å²) in [5.41, 5.74) is 3.06. The van der Waals surface area contributed by atoms with Gasteiger partial charge in [0.05, 0.1) is 55.2 Å². The Bertz CT molecular complexity index is 2090. The first-order valence-corrected chi connectivity index (χ1v) is 16.7. The average molecular weight is 713 g/mol. The molecule has 1 aromatic carbocycles. The van der Waals surface area contributed by atoms with Gasteiger partial charge in [0.15, 0.2) is 11.5 Å². The first kappa shape index (κ1) is 35.5. The molecule has 5 heterocycles. The zero-order valence-electron chi connectivity index (χ0n) is 29.5. The van der Waals surface area contributed by atoms with Crippen LogP contribution in [0.4, 0.5) is 22.7 Å². The van der Waals surface area contributed by atoms with E-state index in [4.69, 9.17) is 14.2 Å². The van der Waals surface area contributed by atoms with Crippen LogP contribution in [-0.4, -0.2) is 87.8 Å². The van der Waals surface area contributed by atoms with E-state index in [0.29, 0.717) is 52.8 Å². The second-order valence-corrected chi connectivity index (χ2v) is 12.6. The number of aliphatic imine (C=N–C) groups is 1. The molecule has 52 heavy (non-hydrogen) atoms. The molecule has 4 aromatic rings. The molecule has 0 unspecified atom stereocenters. The maximum atomic E-state index is 13.2. The van der Waals surface area contributed by atoms with Crippen molar-refractivity contribution >= 4 is 58.6 Å². The number of benzene rings is 1. The molecule has 2 aliphatic heterocycles. The molecule has 3 aromatic heterocycles. The molecule has 1 atom stereocenters. The molecule has 0 aliphatic carbocycles. The van der Waals surface area contributed by atoms with Gasteiger partial charge >= 0.3 is 5.97 Å². The number of hydrogen-bond donors (Lipinski definition) is 3. The Morgan fingerprint density at radius 1 is 0.808 bits per heavy atom. The number of carbonyl (C=O) groups is 5. The first-order valence-electron chi connectivity index (χ1n) is 16.7. The van der Waals surface area contributed by atoms with Gasteiger partial charge in [-0.25, -0.2) is 4.79 Å². The van der Waals surface area contributed by atoms with E-state index in [1.165, 1.54) is 26.4 Å². The van der Waals surface area contributed by atoms with Crippen LogP contribution in [0.2, 0.25) is 0 Å². The number of aryl methyl sites for hydroxylation is 3. The summed E-state index contributed by atoms with van der Waals surface area (Å²) in [5, 5.41) is 8.35. The number of amides is 4. The molecule has 0 bridgehead atoms. The van der Waals surface area contributed by atoms with Crippen molar-refractivity contribution in [1.82, 2.24) is 18.6 Å². The van der Waals surface area contributed by atoms with Gasteiger partial charge in [-0.15, -0.1) is 0 Å². The molecule has 1 fully saturated rings. The first-order chi connectivity index (χ1) is 24.9. The molecule has 4 amide bonds. The van der Waals surface area contributed by atoms with Gasteiger partial charge in [-0.05, 0) is 43.5 Å². The third kappa shape index (κ3) is 7.40. The van der Waals surface area contributed by atoms with Crippen LogP contribution in [0.1, 0.15) is 67.5 Å². The van der Waals surface area contributed by atoms with Crippen molar-refractivity contribution in [2.75, 3.05) is 43.3 Å². The smallest absolute Gasteiger partial charge is 0.354 e. The van der Waals surface area contributed by atoms with Crippen LogP contribution in [0, 0.1) is 0 Å². The van der Waals surface area contributed by atoms with Crippen molar-refractivity contribution in [3.63, 3.8) is 0 Å². The number of nitrogens with zero attached hydrogens (tertiary/aromatic N) is 5. The highest BCUT2D eigenvalue weighted by Gasteiger charge is 2.32. The number of hydrogen-bond acceptors (Lipinski definition) is 9. The van der Waals surface area contributed by atoms with E-state index in [9.17, 15) is 24.0 Å². The Labute approximate surface area is 299 Å². The van der Waals surface area contributed by atoms with E-state index in [1.54, 1.807) is 71.6 Å². The molecule has 1 saturated heterocycles. The standard InChI is InChI=1S/C36H40N8O8/c1-41-18-21(12-27(41)33(46)39-22-13-28(42(2)19-22)34(47)40-23-14-29(36(49)51-5)43(3)20-23)38-32(45)9-7-11-52-31-16-26-25(15-30(31)50-4)35(48)44-10-6-8-24(44)17-37-26/h12-20,24H,6-11H2,1-5H3,(H,38,45)(H,39,46)(H,40,47)/t24-/m0/s1. The van der Waals surface area contributed by atoms with Crippen LogP contribution in [0.15, 0.2) is 53.9 Å². The predicted octanol–water partition coefficient (Wildman–Crippen LogP) is 4.12. The second kappa shape index (κ2) is 14.9. The Morgan fingerprint density at radius 2 is 1.40 bits per heavy atom. The molecule has 2 aliphatic rings. The maximum absolute atomic E-state index is 13.2. The number of fused-ring (bicyclic) bond motifs is 2. The predicted molar refractivity (Wildman–Crippen MR) is 192 cm³/mol. The number of rotatable bonds is 12. The van der Waals surface area contributed by atoms with Crippen LogP contribution in [0.3, 0.4) is 0 Å². The fourth-order valence-corrected chi connectivity index (χ4v) is 6.31. The molecule has 0 spiro atoms. The number of aromatic nitrogens is 3. The lowest BCUT2D eigenvalue weighted by Crippen LogP contribution is -2.35. The zero-order chi connectivity index (χ0) is 37.1. The monoisotopic (exact) mass is 712 g/mol. The van der Waals surface area contributed by atoms with E-state index in [0.717, 1.165) is 12.8 Å². The van der Waals surface area contributed by atoms with Gasteiger partial charge in [-0.2, -0.15) is 0 Å². The summed E-state index contributed by atoms with van der Waals surface area (Å²) in [5.74, 6) is -0.906. The molecule has 0 radical (unpaired) electrons. The van der Waals surface area contributed by atoms with Crippen LogP contribution in [0.5, 0.6) is 11.5 Å².